The molecule has 0 aromatic heterocycles. The molecule has 1 aromatic carbocycles. The van der Waals surface area contributed by atoms with Crippen molar-refractivity contribution in [3.05, 3.63) is 34.9 Å². The molecule has 1 rings (SSSR count). The largest absolute Gasteiger partial charge is 0.396 e. The molecule has 1 N–H and O–H groups in total. The maximum Gasteiger partial charge on any atom is 0.0434 e. The molecule has 0 saturated carbocycles. The molecular weight excluding hydrogens is 160 g/mol. The molecule has 0 unspecified atom stereocenters. The first kappa shape index (κ1) is 10.3. The van der Waals surface area contributed by atoms with E-state index in [1.807, 2.05) is 0 Å². The predicted octanol–water partition coefficient (Wildman–Crippen LogP) is 2.48. The van der Waals surface area contributed by atoms with Crippen molar-refractivity contribution in [2.45, 2.75) is 33.1 Å². The average molecular weight is 178 g/mol. The molecule has 0 aliphatic carbocycles. The molecule has 0 bridgehead atoms. The van der Waals surface area contributed by atoms with E-state index in [4.69, 9.17) is 5.11 Å². The van der Waals surface area contributed by atoms with E-state index >= 15 is 0 Å². The Morgan fingerprint density at radius 3 is 2.62 bits per heavy atom. The van der Waals surface area contributed by atoms with Gasteiger partial charge in [-0.25, -0.2) is 0 Å². The molecule has 0 radical (unpaired) electrons. The molecule has 1 aromatic rings. The molecule has 0 fully saturated rings. The Hall–Kier alpha value is -0.820. The van der Waals surface area contributed by atoms with Crippen molar-refractivity contribution in [3.63, 3.8) is 0 Å². The first-order valence-corrected chi connectivity index (χ1v) is 4.97. The number of aryl methyl sites for hydroxylation is 3. The summed E-state index contributed by atoms with van der Waals surface area (Å²) in [6.07, 6.45) is 2.96. The standard InChI is InChI=1S/C12H18O/c1-3-12-7-6-11(5-4-8-13)9-10(12)2/h6-7,9,13H,3-5,8H2,1-2H3. The van der Waals surface area contributed by atoms with Gasteiger partial charge in [-0.1, -0.05) is 25.1 Å². The van der Waals surface area contributed by atoms with Crippen molar-refractivity contribution in [1.82, 2.24) is 0 Å². The number of aliphatic hydroxyl groups is 1. The average Bonchev–Trinajstić information content (AvgIpc) is 2.15. The predicted molar refractivity (Wildman–Crippen MR) is 56.0 cm³/mol. The van der Waals surface area contributed by atoms with Crippen molar-refractivity contribution >= 4 is 0 Å². The summed E-state index contributed by atoms with van der Waals surface area (Å²) in [5.41, 5.74) is 4.13. The van der Waals surface area contributed by atoms with Crippen molar-refractivity contribution in [2.75, 3.05) is 6.61 Å². The third-order valence-corrected chi connectivity index (χ3v) is 2.41. The van der Waals surface area contributed by atoms with E-state index in [9.17, 15) is 0 Å². The van der Waals surface area contributed by atoms with Crippen LogP contribution in [0.5, 0.6) is 0 Å². The Morgan fingerprint density at radius 2 is 2.08 bits per heavy atom. The molecule has 0 spiro atoms. The molecule has 0 amide bonds. The molecule has 1 nitrogen and oxygen atoms in total. The highest BCUT2D eigenvalue weighted by Gasteiger charge is 1.97. The lowest BCUT2D eigenvalue weighted by molar-refractivity contribution is 0.288. The van der Waals surface area contributed by atoms with Gasteiger partial charge in [0.1, 0.15) is 0 Å². The van der Waals surface area contributed by atoms with E-state index in [-0.39, 0.29) is 6.61 Å². The SMILES string of the molecule is CCc1ccc(CCCO)cc1C. The summed E-state index contributed by atoms with van der Waals surface area (Å²) >= 11 is 0. The van der Waals surface area contributed by atoms with Gasteiger partial charge in [0.05, 0.1) is 0 Å². The molecule has 0 atom stereocenters. The molecule has 72 valence electrons. The number of hydrogen-bond acceptors (Lipinski definition) is 1. The van der Waals surface area contributed by atoms with Crippen LogP contribution in [-0.2, 0) is 12.8 Å². The quantitative estimate of drug-likeness (QED) is 0.751. The van der Waals surface area contributed by atoms with Crippen LogP contribution in [0.25, 0.3) is 0 Å². The topological polar surface area (TPSA) is 20.2 Å². The smallest absolute Gasteiger partial charge is 0.0434 e. The molecule has 0 saturated heterocycles. The lowest BCUT2D eigenvalue weighted by atomic mass is 10.0. The highest BCUT2D eigenvalue weighted by Crippen LogP contribution is 2.12. The van der Waals surface area contributed by atoms with E-state index < -0.39 is 0 Å². The summed E-state index contributed by atoms with van der Waals surface area (Å²) in [5, 5.41) is 8.70. The van der Waals surface area contributed by atoms with Gasteiger partial charge >= 0.3 is 0 Å². The van der Waals surface area contributed by atoms with Gasteiger partial charge in [-0.05, 0) is 42.9 Å². The van der Waals surface area contributed by atoms with Crippen LogP contribution in [0, 0.1) is 6.92 Å². The fraction of sp³-hybridized carbons (Fsp3) is 0.500. The van der Waals surface area contributed by atoms with Crippen LogP contribution in [0.4, 0.5) is 0 Å². The van der Waals surface area contributed by atoms with Crippen LogP contribution in [0.15, 0.2) is 18.2 Å². The minimum absolute atomic E-state index is 0.286. The summed E-state index contributed by atoms with van der Waals surface area (Å²) < 4.78 is 0. The summed E-state index contributed by atoms with van der Waals surface area (Å²) in [6.45, 7) is 4.62. The molecule has 0 aliphatic heterocycles. The normalized spacial score (nSPS) is 10.4. The Bertz CT molecular complexity index is 266. The number of rotatable bonds is 4. The zero-order valence-corrected chi connectivity index (χ0v) is 8.51. The number of hydrogen-bond donors (Lipinski definition) is 1. The molecule has 13 heavy (non-hydrogen) atoms. The van der Waals surface area contributed by atoms with Crippen LogP contribution in [-0.4, -0.2) is 11.7 Å². The maximum absolute atomic E-state index is 8.70. The Labute approximate surface area is 80.4 Å². The summed E-state index contributed by atoms with van der Waals surface area (Å²) in [4.78, 5) is 0. The molecule has 0 heterocycles. The molecular formula is C12H18O. The second-order valence-electron chi connectivity index (χ2n) is 3.44. The first-order valence-electron chi connectivity index (χ1n) is 4.97. The van der Waals surface area contributed by atoms with E-state index in [1.165, 1.54) is 16.7 Å². The van der Waals surface area contributed by atoms with Crippen LogP contribution in [0.2, 0.25) is 0 Å². The van der Waals surface area contributed by atoms with Crippen LogP contribution < -0.4 is 0 Å². The summed E-state index contributed by atoms with van der Waals surface area (Å²) in [5.74, 6) is 0. The van der Waals surface area contributed by atoms with E-state index in [0.717, 1.165) is 19.3 Å². The van der Waals surface area contributed by atoms with Gasteiger partial charge in [-0.2, -0.15) is 0 Å². The molecule has 1 heteroatoms. The van der Waals surface area contributed by atoms with Crippen LogP contribution in [0.3, 0.4) is 0 Å². The van der Waals surface area contributed by atoms with E-state index in [0.29, 0.717) is 0 Å². The van der Waals surface area contributed by atoms with Crippen molar-refractivity contribution in [2.24, 2.45) is 0 Å². The summed E-state index contributed by atoms with van der Waals surface area (Å²) in [6, 6.07) is 6.60. The lowest BCUT2D eigenvalue weighted by Crippen LogP contribution is -1.92. The second kappa shape index (κ2) is 5.03. The lowest BCUT2D eigenvalue weighted by Gasteiger charge is -2.05. The highest BCUT2D eigenvalue weighted by atomic mass is 16.2. The van der Waals surface area contributed by atoms with Gasteiger partial charge in [0, 0.05) is 6.61 Å². The van der Waals surface area contributed by atoms with Crippen LogP contribution in [0.1, 0.15) is 30.0 Å². The first-order chi connectivity index (χ1) is 6.27. The van der Waals surface area contributed by atoms with Gasteiger partial charge in [0.15, 0.2) is 0 Å². The van der Waals surface area contributed by atoms with E-state index in [1.54, 1.807) is 0 Å². The number of aliphatic hydroxyl groups excluding tert-OH is 1. The van der Waals surface area contributed by atoms with Crippen molar-refractivity contribution < 1.29 is 5.11 Å². The minimum Gasteiger partial charge on any atom is -0.396 e. The maximum atomic E-state index is 8.70. The number of benzene rings is 1. The van der Waals surface area contributed by atoms with Gasteiger partial charge < -0.3 is 5.11 Å². The van der Waals surface area contributed by atoms with E-state index in [2.05, 4.69) is 32.0 Å². The summed E-state index contributed by atoms with van der Waals surface area (Å²) in [7, 11) is 0. The minimum atomic E-state index is 0.286. The zero-order valence-electron chi connectivity index (χ0n) is 8.51. The fourth-order valence-corrected chi connectivity index (χ4v) is 1.59. The Balaban J connectivity index is 2.71. The zero-order chi connectivity index (χ0) is 9.68. The highest BCUT2D eigenvalue weighted by molar-refractivity contribution is 5.31. The van der Waals surface area contributed by atoms with Gasteiger partial charge in [-0.3, -0.25) is 0 Å². The second-order valence-corrected chi connectivity index (χ2v) is 3.44. The van der Waals surface area contributed by atoms with Crippen LogP contribution >= 0.6 is 0 Å². The third kappa shape index (κ3) is 2.85. The van der Waals surface area contributed by atoms with Gasteiger partial charge in [0.25, 0.3) is 0 Å². The molecule has 0 aliphatic rings. The monoisotopic (exact) mass is 178 g/mol. The Morgan fingerprint density at radius 1 is 1.31 bits per heavy atom. The third-order valence-electron chi connectivity index (χ3n) is 2.41. The Kier molecular flexibility index (Phi) is 3.97. The fourth-order valence-electron chi connectivity index (χ4n) is 1.59. The van der Waals surface area contributed by atoms with Gasteiger partial charge in [-0.15, -0.1) is 0 Å². The van der Waals surface area contributed by atoms with Crippen molar-refractivity contribution in [3.8, 4) is 0 Å². The van der Waals surface area contributed by atoms with Gasteiger partial charge in [0.2, 0.25) is 0 Å². The van der Waals surface area contributed by atoms with Crippen molar-refractivity contribution in [1.29, 1.82) is 0 Å².